The Balaban J connectivity index is 1.69. The predicted molar refractivity (Wildman–Crippen MR) is 103 cm³/mol. The standard InChI is InChI=1S/C21H20FN3O4/c1-13-8-15(20(26)27)12-25(11-13)21(28)24-16-6-7-19(17(22)9-16)29-18-5-3-2-4-14(18)10-23/h2-7,9,13,15H,8,11-12H2,1H3,(H,24,28)(H,26,27). The molecule has 150 valence electrons. The van der Waals surface area contributed by atoms with Gasteiger partial charge in [-0.05, 0) is 36.6 Å². The Morgan fingerprint density at radius 2 is 2.00 bits per heavy atom. The van der Waals surface area contributed by atoms with Gasteiger partial charge in [0.25, 0.3) is 0 Å². The number of halogens is 1. The van der Waals surface area contributed by atoms with Crippen molar-refractivity contribution in [1.29, 1.82) is 5.26 Å². The van der Waals surface area contributed by atoms with Gasteiger partial charge >= 0.3 is 12.0 Å². The topological polar surface area (TPSA) is 103 Å². The van der Waals surface area contributed by atoms with E-state index in [9.17, 15) is 19.1 Å². The van der Waals surface area contributed by atoms with E-state index in [1.165, 1.54) is 17.0 Å². The summed E-state index contributed by atoms with van der Waals surface area (Å²) >= 11 is 0. The summed E-state index contributed by atoms with van der Waals surface area (Å²) in [5.74, 6) is -2.04. The second kappa shape index (κ2) is 8.61. The normalized spacial score (nSPS) is 18.6. The number of aliphatic carboxylic acids is 1. The number of carbonyl (C=O) groups excluding carboxylic acids is 1. The van der Waals surface area contributed by atoms with E-state index in [0.717, 1.165) is 6.07 Å². The van der Waals surface area contributed by atoms with Gasteiger partial charge in [-0.2, -0.15) is 5.26 Å². The number of likely N-dealkylation sites (tertiary alicyclic amines) is 1. The van der Waals surface area contributed by atoms with Crippen molar-refractivity contribution < 1.29 is 23.8 Å². The van der Waals surface area contributed by atoms with Crippen LogP contribution < -0.4 is 10.1 Å². The molecular formula is C21H20FN3O4. The summed E-state index contributed by atoms with van der Waals surface area (Å²) in [6, 6.07) is 11.9. The number of carboxylic acid groups (broad SMARTS) is 1. The number of hydrogen-bond acceptors (Lipinski definition) is 4. The molecule has 0 aliphatic carbocycles. The molecule has 8 heteroatoms. The van der Waals surface area contributed by atoms with Gasteiger partial charge in [-0.25, -0.2) is 9.18 Å². The van der Waals surface area contributed by atoms with E-state index in [1.54, 1.807) is 24.3 Å². The third-order valence-corrected chi connectivity index (χ3v) is 4.71. The van der Waals surface area contributed by atoms with E-state index in [0.29, 0.717) is 13.0 Å². The van der Waals surface area contributed by atoms with E-state index < -0.39 is 23.7 Å². The number of nitrogens with zero attached hydrogens (tertiary/aromatic N) is 2. The molecule has 29 heavy (non-hydrogen) atoms. The number of para-hydroxylation sites is 1. The maximum Gasteiger partial charge on any atom is 0.321 e. The van der Waals surface area contributed by atoms with Gasteiger partial charge in [0.2, 0.25) is 0 Å². The first kappa shape index (κ1) is 20.1. The van der Waals surface area contributed by atoms with Crippen LogP contribution >= 0.6 is 0 Å². The number of carbonyl (C=O) groups is 2. The molecule has 2 aromatic carbocycles. The van der Waals surface area contributed by atoms with E-state index >= 15 is 0 Å². The second-order valence-electron chi connectivity index (χ2n) is 7.07. The number of benzene rings is 2. The summed E-state index contributed by atoms with van der Waals surface area (Å²) in [4.78, 5) is 25.2. The monoisotopic (exact) mass is 397 g/mol. The molecule has 0 aromatic heterocycles. The summed E-state index contributed by atoms with van der Waals surface area (Å²) in [6.45, 7) is 2.44. The third kappa shape index (κ3) is 4.82. The minimum atomic E-state index is -0.931. The molecule has 2 atom stereocenters. The minimum absolute atomic E-state index is 0.0586. The Labute approximate surface area is 167 Å². The summed E-state index contributed by atoms with van der Waals surface area (Å²) < 4.78 is 19.9. The van der Waals surface area contributed by atoms with E-state index in [-0.39, 0.29) is 35.2 Å². The number of hydrogen-bond donors (Lipinski definition) is 2. The number of nitrogens with one attached hydrogen (secondary N) is 1. The molecule has 0 bridgehead atoms. The fourth-order valence-corrected chi connectivity index (χ4v) is 3.33. The van der Waals surface area contributed by atoms with Gasteiger partial charge in [-0.15, -0.1) is 0 Å². The van der Waals surface area contributed by atoms with Crippen molar-refractivity contribution in [3.05, 3.63) is 53.8 Å². The molecule has 1 fully saturated rings. The zero-order chi connectivity index (χ0) is 21.0. The van der Waals surface area contributed by atoms with Crippen molar-refractivity contribution in [2.45, 2.75) is 13.3 Å². The van der Waals surface area contributed by atoms with Crippen molar-refractivity contribution in [1.82, 2.24) is 4.90 Å². The first-order valence-corrected chi connectivity index (χ1v) is 9.12. The predicted octanol–water partition coefficient (Wildman–Crippen LogP) is 4.06. The smallest absolute Gasteiger partial charge is 0.321 e. The second-order valence-corrected chi connectivity index (χ2v) is 7.07. The summed E-state index contributed by atoms with van der Waals surface area (Å²) in [5, 5.41) is 20.9. The number of piperidine rings is 1. The minimum Gasteiger partial charge on any atom is -0.481 e. The molecule has 7 nitrogen and oxygen atoms in total. The molecule has 2 aromatic rings. The summed E-state index contributed by atoms with van der Waals surface area (Å²) in [5.41, 5.74) is 0.495. The molecule has 2 amide bonds. The SMILES string of the molecule is CC1CC(C(=O)O)CN(C(=O)Nc2ccc(Oc3ccccc3C#N)c(F)c2)C1. The molecule has 1 aliphatic rings. The number of nitriles is 1. The maximum atomic E-state index is 14.4. The lowest BCUT2D eigenvalue weighted by Crippen LogP contribution is -2.47. The quantitative estimate of drug-likeness (QED) is 0.810. The van der Waals surface area contributed by atoms with Crippen LogP contribution in [0.2, 0.25) is 0 Å². The lowest BCUT2D eigenvalue weighted by molar-refractivity contribution is -0.143. The van der Waals surface area contributed by atoms with Crippen molar-refractivity contribution in [2.75, 3.05) is 18.4 Å². The first-order chi connectivity index (χ1) is 13.9. The molecule has 0 spiro atoms. The van der Waals surface area contributed by atoms with Crippen LogP contribution in [0.4, 0.5) is 14.9 Å². The van der Waals surface area contributed by atoms with Crippen LogP contribution in [-0.4, -0.2) is 35.1 Å². The molecule has 3 rings (SSSR count). The number of urea groups is 1. The van der Waals surface area contributed by atoms with Crippen LogP contribution in [0.25, 0.3) is 0 Å². The van der Waals surface area contributed by atoms with Gasteiger partial charge in [0.15, 0.2) is 11.6 Å². The lowest BCUT2D eigenvalue weighted by Gasteiger charge is -2.34. The van der Waals surface area contributed by atoms with Gasteiger partial charge in [0.05, 0.1) is 11.5 Å². The Morgan fingerprint density at radius 3 is 2.69 bits per heavy atom. The Hall–Kier alpha value is -3.60. The van der Waals surface area contributed by atoms with Gasteiger partial charge in [-0.3, -0.25) is 4.79 Å². The summed E-state index contributed by atoms with van der Waals surface area (Å²) in [6.07, 6.45) is 0.518. The Morgan fingerprint density at radius 1 is 1.24 bits per heavy atom. The highest BCUT2D eigenvalue weighted by Crippen LogP contribution is 2.29. The van der Waals surface area contributed by atoms with E-state index in [2.05, 4.69) is 5.32 Å². The van der Waals surface area contributed by atoms with Crippen LogP contribution in [0.1, 0.15) is 18.9 Å². The highest BCUT2D eigenvalue weighted by molar-refractivity contribution is 5.90. The van der Waals surface area contributed by atoms with Crippen LogP contribution in [0.5, 0.6) is 11.5 Å². The zero-order valence-electron chi connectivity index (χ0n) is 15.8. The number of rotatable bonds is 4. The molecular weight excluding hydrogens is 377 g/mol. The molecule has 2 unspecified atom stereocenters. The molecule has 2 N–H and O–H groups in total. The van der Waals surface area contributed by atoms with Crippen molar-refractivity contribution in [2.24, 2.45) is 11.8 Å². The number of anilines is 1. The fraction of sp³-hybridized carbons (Fsp3) is 0.286. The van der Waals surface area contributed by atoms with E-state index in [1.807, 2.05) is 13.0 Å². The van der Waals surface area contributed by atoms with Crippen LogP contribution in [0, 0.1) is 29.0 Å². The van der Waals surface area contributed by atoms with Crippen molar-refractivity contribution in [3.8, 4) is 17.6 Å². The van der Waals surface area contributed by atoms with Gasteiger partial charge < -0.3 is 20.1 Å². The fourth-order valence-electron chi connectivity index (χ4n) is 3.33. The van der Waals surface area contributed by atoms with Gasteiger partial charge in [0, 0.05) is 24.8 Å². The third-order valence-electron chi connectivity index (χ3n) is 4.71. The molecule has 1 saturated heterocycles. The molecule has 0 saturated carbocycles. The van der Waals surface area contributed by atoms with Crippen molar-refractivity contribution in [3.63, 3.8) is 0 Å². The number of amides is 2. The zero-order valence-corrected chi connectivity index (χ0v) is 15.8. The molecule has 0 radical (unpaired) electrons. The molecule has 1 aliphatic heterocycles. The first-order valence-electron chi connectivity index (χ1n) is 9.12. The van der Waals surface area contributed by atoms with Crippen LogP contribution in [-0.2, 0) is 4.79 Å². The largest absolute Gasteiger partial charge is 0.481 e. The van der Waals surface area contributed by atoms with E-state index in [4.69, 9.17) is 10.00 Å². The van der Waals surface area contributed by atoms with Crippen molar-refractivity contribution >= 4 is 17.7 Å². The Bertz CT molecular complexity index is 973. The summed E-state index contributed by atoms with van der Waals surface area (Å²) in [7, 11) is 0. The molecule has 1 heterocycles. The van der Waals surface area contributed by atoms with Gasteiger partial charge in [-0.1, -0.05) is 19.1 Å². The highest BCUT2D eigenvalue weighted by atomic mass is 19.1. The van der Waals surface area contributed by atoms with Crippen LogP contribution in [0.15, 0.2) is 42.5 Å². The average Bonchev–Trinajstić information content (AvgIpc) is 2.69. The number of carboxylic acids is 1. The Kier molecular flexibility index (Phi) is 5.98. The average molecular weight is 397 g/mol. The van der Waals surface area contributed by atoms with Crippen LogP contribution in [0.3, 0.4) is 0 Å². The van der Waals surface area contributed by atoms with Gasteiger partial charge in [0.1, 0.15) is 11.8 Å². The maximum absolute atomic E-state index is 14.4. The lowest BCUT2D eigenvalue weighted by atomic mass is 9.91. The highest BCUT2D eigenvalue weighted by Gasteiger charge is 2.32. The number of ether oxygens (including phenoxy) is 1.